The number of nitrogens with zero attached hydrogens (tertiary/aromatic N) is 2. The number of benzene rings is 1. The zero-order valence-corrected chi connectivity index (χ0v) is 13.2. The number of hydrogen-bond donors (Lipinski definition) is 1. The fraction of sp³-hybridized carbons (Fsp3) is 0.294. The van der Waals surface area contributed by atoms with Crippen LogP contribution in [0.5, 0.6) is 0 Å². The molecule has 7 nitrogen and oxygen atoms in total. The van der Waals surface area contributed by atoms with Crippen molar-refractivity contribution in [2.24, 2.45) is 0 Å². The molecular weight excluding hydrogens is 310 g/mol. The fourth-order valence-electron chi connectivity index (χ4n) is 2.37. The maximum atomic E-state index is 12.2. The third kappa shape index (κ3) is 4.21. The van der Waals surface area contributed by atoms with E-state index >= 15 is 0 Å². The lowest BCUT2D eigenvalue weighted by Crippen LogP contribution is -2.44. The lowest BCUT2D eigenvalue weighted by Gasteiger charge is -2.26. The van der Waals surface area contributed by atoms with E-state index in [-0.39, 0.29) is 6.73 Å². The normalized spacial score (nSPS) is 15.0. The lowest BCUT2D eigenvalue weighted by molar-refractivity contribution is 0.0188. The van der Waals surface area contributed by atoms with Crippen LogP contribution in [0.2, 0.25) is 0 Å². The molecular formula is C17H19N3O4. The van der Waals surface area contributed by atoms with Crippen molar-refractivity contribution in [1.29, 1.82) is 0 Å². The van der Waals surface area contributed by atoms with Gasteiger partial charge in [0.15, 0.2) is 0 Å². The minimum atomic E-state index is -0.539. The minimum absolute atomic E-state index is 0.249. The van der Waals surface area contributed by atoms with Crippen molar-refractivity contribution in [3.8, 4) is 0 Å². The summed E-state index contributed by atoms with van der Waals surface area (Å²) in [4.78, 5) is 31.4. The third-order valence-electron chi connectivity index (χ3n) is 3.69. The Morgan fingerprint density at radius 3 is 2.38 bits per heavy atom. The number of aromatic nitrogens is 1. The summed E-state index contributed by atoms with van der Waals surface area (Å²) in [7, 11) is 0. The van der Waals surface area contributed by atoms with Gasteiger partial charge in [-0.2, -0.15) is 4.73 Å². The first-order valence-electron chi connectivity index (χ1n) is 7.78. The Bertz CT molecular complexity index is 694. The average Bonchev–Trinajstić information content (AvgIpc) is 3.13. The molecule has 0 amide bonds. The predicted octanol–water partition coefficient (Wildman–Crippen LogP) is 0.777. The highest BCUT2D eigenvalue weighted by molar-refractivity contribution is 5.95. The summed E-state index contributed by atoms with van der Waals surface area (Å²) in [5.74, 6) is -0.993. The largest absolute Gasteiger partial charge is 0.446 e. The highest BCUT2D eigenvalue weighted by atomic mass is 16.7. The van der Waals surface area contributed by atoms with Crippen LogP contribution in [-0.2, 0) is 4.74 Å². The van der Waals surface area contributed by atoms with Crippen LogP contribution in [0.25, 0.3) is 0 Å². The minimum Gasteiger partial charge on any atom is -0.446 e. The van der Waals surface area contributed by atoms with Gasteiger partial charge in [0, 0.05) is 38.6 Å². The van der Waals surface area contributed by atoms with Crippen LogP contribution in [0.1, 0.15) is 20.7 Å². The van der Waals surface area contributed by atoms with Crippen molar-refractivity contribution in [2.75, 3.05) is 32.9 Å². The van der Waals surface area contributed by atoms with Crippen LogP contribution >= 0.6 is 0 Å². The second-order valence-electron chi connectivity index (χ2n) is 5.43. The molecule has 2 aromatic rings. The van der Waals surface area contributed by atoms with E-state index in [2.05, 4.69) is 10.2 Å². The molecule has 126 valence electrons. The average molecular weight is 329 g/mol. The molecule has 1 aliphatic heterocycles. The quantitative estimate of drug-likeness (QED) is 0.817. The molecule has 0 saturated carbocycles. The summed E-state index contributed by atoms with van der Waals surface area (Å²) in [6.45, 7) is 3.71. The molecule has 1 N–H and O–H groups in total. The Morgan fingerprint density at radius 1 is 1.00 bits per heavy atom. The van der Waals surface area contributed by atoms with Crippen molar-refractivity contribution in [2.45, 2.75) is 0 Å². The van der Waals surface area contributed by atoms with E-state index in [1.54, 1.807) is 42.7 Å². The van der Waals surface area contributed by atoms with Gasteiger partial charge in [-0.25, -0.2) is 9.59 Å². The van der Waals surface area contributed by atoms with E-state index in [9.17, 15) is 9.59 Å². The van der Waals surface area contributed by atoms with Gasteiger partial charge in [-0.05, 0) is 30.3 Å². The standard InChI is InChI=1S/C17H19N3O4/c21-16(23-13-19-10-6-18-7-11-19)14-4-3-5-15(12-14)17(22)24-20-8-1-2-9-20/h1-5,8-9,12,18H,6-7,10-11,13H2. The molecule has 1 aromatic heterocycles. The van der Waals surface area contributed by atoms with Crippen molar-refractivity contribution >= 4 is 11.9 Å². The van der Waals surface area contributed by atoms with Crippen LogP contribution in [-0.4, -0.2) is 54.5 Å². The number of nitrogens with one attached hydrogen (secondary N) is 1. The topological polar surface area (TPSA) is 72.8 Å². The second-order valence-corrected chi connectivity index (χ2v) is 5.43. The molecule has 0 radical (unpaired) electrons. The van der Waals surface area contributed by atoms with Crippen LogP contribution in [0.15, 0.2) is 48.8 Å². The van der Waals surface area contributed by atoms with Gasteiger partial charge in [0.2, 0.25) is 0 Å². The number of esters is 1. The molecule has 0 atom stereocenters. The SMILES string of the molecule is O=C(OCN1CCNCC1)c1cccc(C(=O)On2cccc2)c1. The van der Waals surface area contributed by atoms with Gasteiger partial charge < -0.3 is 14.9 Å². The maximum absolute atomic E-state index is 12.2. The van der Waals surface area contributed by atoms with Gasteiger partial charge in [-0.15, -0.1) is 0 Å². The van der Waals surface area contributed by atoms with E-state index in [1.165, 1.54) is 10.8 Å². The van der Waals surface area contributed by atoms with Crippen molar-refractivity contribution in [3.05, 3.63) is 59.9 Å². The zero-order chi connectivity index (χ0) is 16.8. The maximum Gasteiger partial charge on any atom is 0.363 e. The van der Waals surface area contributed by atoms with E-state index in [0.717, 1.165) is 26.2 Å². The van der Waals surface area contributed by atoms with Crippen LogP contribution < -0.4 is 10.2 Å². The molecule has 0 spiro atoms. The summed E-state index contributed by atoms with van der Waals surface area (Å²) < 4.78 is 6.61. The van der Waals surface area contributed by atoms with E-state index in [4.69, 9.17) is 9.57 Å². The highest BCUT2D eigenvalue weighted by Crippen LogP contribution is 2.08. The highest BCUT2D eigenvalue weighted by Gasteiger charge is 2.15. The zero-order valence-electron chi connectivity index (χ0n) is 13.2. The molecule has 24 heavy (non-hydrogen) atoms. The summed E-state index contributed by atoms with van der Waals surface area (Å²) in [5, 5.41) is 3.24. The molecule has 0 aliphatic carbocycles. The van der Waals surface area contributed by atoms with Gasteiger partial charge in [-0.3, -0.25) is 4.90 Å². The molecule has 1 fully saturated rings. The lowest BCUT2D eigenvalue weighted by atomic mass is 10.1. The van der Waals surface area contributed by atoms with Crippen LogP contribution in [0.4, 0.5) is 0 Å². The third-order valence-corrected chi connectivity index (χ3v) is 3.69. The Morgan fingerprint density at radius 2 is 1.67 bits per heavy atom. The van der Waals surface area contributed by atoms with Gasteiger partial charge in [-0.1, -0.05) is 6.07 Å². The van der Waals surface area contributed by atoms with Crippen LogP contribution in [0.3, 0.4) is 0 Å². The van der Waals surface area contributed by atoms with Gasteiger partial charge >= 0.3 is 11.9 Å². The fourth-order valence-corrected chi connectivity index (χ4v) is 2.37. The molecule has 0 bridgehead atoms. The molecule has 0 unspecified atom stereocenters. The number of hydrogen-bond acceptors (Lipinski definition) is 6. The smallest absolute Gasteiger partial charge is 0.363 e. The summed E-state index contributed by atoms with van der Waals surface area (Å²) in [6, 6.07) is 9.82. The summed E-state index contributed by atoms with van der Waals surface area (Å²) >= 11 is 0. The molecule has 7 heteroatoms. The molecule has 1 saturated heterocycles. The van der Waals surface area contributed by atoms with E-state index < -0.39 is 11.9 Å². The summed E-state index contributed by atoms with van der Waals surface area (Å²) in [6.07, 6.45) is 3.23. The molecule has 2 heterocycles. The van der Waals surface area contributed by atoms with E-state index in [1.807, 2.05) is 0 Å². The van der Waals surface area contributed by atoms with Gasteiger partial charge in [0.25, 0.3) is 0 Å². The van der Waals surface area contributed by atoms with Crippen molar-refractivity contribution in [1.82, 2.24) is 14.9 Å². The number of piperazine rings is 1. The Labute approximate surface area is 139 Å². The Hall–Kier alpha value is -2.64. The second kappa shape index (κ2) is 7.76. The Kier molecular flexibility index (Phi) is 5.25. The summed E-state index contributed by atoms with van der Waals surface area (Å²) in [5.41, 5.74) is 0.618. The number of rotatable bonds is 5. The number of carbonyl (C=O) groups excluding carboxylic acids is 2. The first-order valence-corrected chi connectivity index (χ1v) is 7.78. The first-order chi connectivity index (χ1) is 11.7. The van der Waals surface area contributed by atoms with Gasteiger partial charge in [0.1, 0.15) is 6.73 Å². The number of ether oxygens (including phenoxy) is 1. The van der Waals surface area contributed by atoms with Crippen LogP contribution in [0, 0.1) is 0 Å². The molecule has 1 aliphatic rings. The first kappa shape index (κ1) is 16.2. The van der Waals surface area contributed by atoms with Crippen molar-refractivity contribution in [3.63, 3.8) is 0 Å². The van der Waals surface area contributed by atoms with Gasteiger partial charge in [0.05, 0.1) is 11.1 Å². The predicted molar refractivity (Wildman–Crippen MR) is 86.5 cm³/mol. The molecule has 3 rings (SSSR count). The Balaban J connectivity index is 1.59. The molecule has 1 aromatic carbocycles. The van der Waals surface area contributed by atoms with E-state index in [0.29, 0.717) is 11.1 Å². The monoisotopic (exact) mass is 329 g/mol. The van der Waals surface area contributed by atoms with Crippen molar-refractivity contribution < 1.29 is 19.2 Å². The number of carbonyl (C=O) groups is 2.